The maximum absolute atomic E-state index is 12.4. The molecule has 0 saturated heterocycles. The summed E-state index contributed by atoms with van der Waals surface area (Å²) >= 11 is 0. The van der Waals surface area contributed by atoms with E-state index in [0.717, 1.165) is 23.3 Å². The van der Waals surface area contributed by atoms with Gasteiger partial charge in [-0.1, -0.05) is 31.2 Å². The highest BCUT2D eigenvalue weighted by atomic mass is 16.7. The van der Waals surface area contributed by atoms with Gasteiger partial charge in [-0.05, 0) is 42.2 Å². The summed E-state index contributed by atoms with van der Waals surface area (Å²) in [4.78, 5) is 26.1. The first kappa shape index (κ1) is 17.2. The SMILES string of the molecule is CCc1cc(CCN2C(=O)c3ccccc3C2=O)ccc1OCOC. The third kappa shape index (κ3) is 3.42. The Balaban J connectivity index is 1.70. The fourth-order valence-electron chi connectivity index (χ4n) is 3.01. The van der Waals surface area contributed by atoms with E-state index in [0.29, 0.717) is 24.1 Å². The van der Waals surface area contributed by atoms with Crippen molar-refractivity contribution in [2.75, 3.05) is 20.4 Å². The molecule has 25 heavy (non-hydrogen) atoms. The van der Waals surface area contributed by atoms with E-state index in [1.54, 1.807) is 31.4 Å². The molecule has 0 aromatic heterocycles. The minimum absolute atomic E-state index is 0.210. The molecule has 0 fully saturated rings. The van der Waals surface area contributed by atoms with Crippen molar-refractivity contribution < 1.29 is 19.1 Å². The molecule has 2 aromatic carbocycles. The quantitative estimate of drug-likeness (QED) is 0.575. The number of carbonyl (C=O) groups is 2. The zero-order chi connectivity index (χ0) is 17.8. The van der Waals surface area contributed by atoms with Gasteiger partial charge in [-0.15, -0.1) is 0 Å². The molecule has 2 amide bonds. The molecular weight excluding hydrogens is 318 g/mol. The second kappa shape index (κ2) is 7.49. The van der Waals surface area contributed by atoms with Crippen molar-refractivity contribution in [2.24, 2.45) is 0 Å². The van der Waals surface area contributed by atoms with Crippen LogP contribution in [0.5, 0.6) is 5.75 Å². The van der Waals surface area contributed by atoms with Crippen LogP contribution in [-0.4, -0.2) is 37.2 Å². The van der Waals surface area contributed by atoms with Crippen LogP contribution < -0.4 is 4.74 Å². The van der Waals surface area contributed by atoms with E-state index in [-0.39, 0.29) is 18.6 Å². The van der Waals surface area contributed by atoms with Crippen molar-refractivity contribution in [1.29, 1.82) is 0 Å². The standard InChI is InChI=1S/C20H21NO4/c1-3-15-12-14(8-9-18(15)25-13-24-2)10-11-21-19(22)16-6-4-5-7-17(16)20(21)23/h4-9,12H,3,10-11,13H2,1-2H3. The third-order valence-corrected chi connectivity index (χ3v) is 4.34. The van der Waals surface area contributed by atoms with Gasteiger partial charge in [0.15, 0.2) is 6.79 Å². The Kier molecular flexibility index (Phi) is 5.14. The van der Waals surface area contributed by atoms with E-state index in [2.05, 4.69) is 13.0 Å². The van der Waals surface area contributed by atoms with Crippen LogP contribution in [0.15, 0.2) is 42.5 Å². The Morgan fingerprint density at radius 1 is 1.00 bits per heavy atom. The van der Waals surface area contributed by atoms with Gasteiger partial charge in [0.05, 0.1) is 11.1 Å². The largest absolute Gasteiger partial charge is 0.467 e. The average Bonchev–Trinajstić information content (AvgIpc) is 2.89. The fraction of sp³-hybridized carbons (Fsp3) is 0.300. The monoisotopic (exact) mass is 339 g/mol. The molecule has 1 heterocycles. The number of hydrogen-bond acceptors (Lipinski definition) is 4. The van der Waals surface area contributed by atoms with Crippen LogP contribution in [0, 0.1) is 0 Å². The third-order valence-electron chi connectivity index (χ3n) is 4.34. The van der Waals surface area contributed by atoms with E-state index in [9.17, 15) is 9.59 Å². The minimum Gasteiger partial charge on any atom is -0.467 e. The molecule has 1 aliphatic rings. The van der Waals surface area contributed by atoms with Crippen molar-refractivity contribution >= 4 is 11.8 Å². The second-order valence-electron chi connectivity index (χ2n) is 5.90. The van der Waals surface area contributed by atoms with Gasteiger partial charge >= 0.3 is 0 Å². The lowest BCUT2D eigenvalue weighted by molar-refractivity contribution is 0.0504. The van der Waals surface area contributed by atoms with Gasteiger partial charge in [0.25, 0.3) is 11.8 Å². The molecule has 0 radical (unpaired) electrons. The molecule has 1 aliphatic heterocycles. The minimum atomic E-state index is -0.212. The summed E-state index contributed by atoms with van der Waals surface area (Å²) in [7, 11) is 1.59. The predicted octanol–water partition coefficient (Wildman–Crippen LogP) is 3.07. The summed E-state index contributed by atoms with van der Waals surface area (Å²) in [6, 6.07) is 12.9. The molecule has 0 N–H and O–H groups in total. The molecule has 5 nitrogen and oxygen atoms in total. The molecule has 3 rings (SSSR count). The number of amides is 2. The summed E-state index contributed by atoms with van der Waals surface area (Å²) in [5.74, 6) is 0.376. The highest BCUT2D eigenvalue weighted by Gasteiger charge is 2.34. The zero-order valence-corrected chi connectivity index (χ0v) is 14.5. The van der Waals surface area contributed by atoms with Crippen molar-refractivity contribution in [3.8, 4) is 5.75 Å². The van der Waals surface area contributed by atoms with Crippen LogP contribution in [0.3, 0.4) is 0 Å². The molecule has 0 bridgehead atoms. The number of carbonyl (C=O) groups excluding carboxylic acids is 2. The highest BCUT2D eigenvalue weighted by Crippen LogP contribution is 2.24. The van der Waals surface area contributed by atoms with Crippen molar-refractivity contribution in [2.45, 2.75) is 19.8 Å². The summed E-state index contributed by atoms with van der Waals surface area (Å²) < 4.78 is 10.5. The van der Waals surface area contributed by atoms with Gasteiger partial charge in [0, 0.05) is 13.7 Å². The topological polar surface area (TPSA) is 55.8 Å². The Morgan fingerprint density at radius 3 is 2.28 bits per heavy atom. The number of imide groups is 1. The van der Waals surface area contributed by atoms with E-state index in [1.807, 2.05) is 12.1 Å². The van der Waals surface area contributed by atoms with E-state index in [1.165, 1.54) is 4.90 Å². The maximum Gasteiger partial charge on any atom is 0.261 e. The van der Waals surface area contributed by atoms with Crippen LogP contribution >= 0.6 is 0 Å². The van der Waals surface area contributed by atoms with Crippen LogP contribution in [0.25, 0.3) is 0 Å². The molecule has 2 aromatic rings. The lowest BCUT2D eigenvalue weighted by atomic mass is 10.0. The average molecular weight is 339 g/mol. The van der Waals surface area contributed by atoms with Crippen molar-refractivity contribution in [1.82, 2.24) is 4.90 Å². The first-order chi connectivity index (χ1) is 12.2. The van der Waals surface area contributed by atoms with Gasteiger partial charge in [0.2, 0.25) is 0 Å². The van der Waals surface area contributed by atoms with E-state index >= 15 is 0 Å². The smallest absolute Gasteiger partial charge is 0.261 e. The number of aryl methyl sites for hydroxylation is 1. The first-order valence-electron chi connectivity index (χ1n) is 8.34. The highest BCUT2D eigenvalue weighted by molar-refractivity contribution is 6.21. The summed E-state index contributed by atoms with van der Waals surface area (Å²) in [6.07, 6.45) is 1.45. The molecule has 0 spiro atoms. The van der Waals surface area contributed by atoms with Crippen molar-refractivity contribution in [3.63, 3.8) is 0 Å². The molecule has 0 unspecified atom stereocenters. The lowest BCUT2D eigenvalue weighted by Crippen LogP contribution is -2.31. The second-order valence-corrected chi connectivity index (χ2v) is 5.90. The Morgan fingerprint density at radius 2 is 1.68 bits per heavy atom. The summed E-state index contributed by atoms with van der Waals surface area (Å²) in [6.45, 7) is 2.64. The normalized spacial score (nSPS) is 13.3. The number of nitrogens with zero attached hydrogens (tertiary/aromatic N) is 1. The fourth-order valence-corrected chi connectivity index (χ4v) is 3.01. The van der Waals surface area contributed by atoms with Crippen LogP contribution in [0.2, 0.25) is 0 Å². The molecular formula is C20H21NO4. The predicted molar refractivity (Wildman–Crippen MR) is 93.8 cm³/mol. The van der Waals surface area contributed by atoms with Crippen molar-refractivity contribution in [3.05, 3.63) is 64.7 Å². The maximum atomic E-state index is 12.4. The summed E-state index contributed by atoms with van der Waals surface area (Å²) in [5.41, 5.74) is 3.13. The molecule has 130 valence electrons. The molecule has 0 saturated carbocycles. The van der Waals surface area contributed by atoms with Gasteiger partial charge in [-0.2, -0.15) is 0 Å². The van der Waals surface area contributed by atoms with Crippen LogP contribution in [-0.2, 0) is 17.6 Å². The van der Waals surface area contributed by atoms with Gasteiger partial charge in [0.1, 0.15) is 5.75 Å². The van der Waals surface area contributed by atoms with Crippen LogP contribution in [0.4, 0.5) is 0 Å². The van der Waals surface area contributed by atoms with Gasteiger partial charge in [-0.3, -0.25) is 14.5 Å². The number of benzene rings is 2. The van der Waals surface area contributed by atoms with E-state index in [4.69, 9.17) is 9.47 Å². The number of methoxy groups -OCH3 is 1. The number of ether oxygens (including phenoxy) is 2. The number of fused-ring (bicyclic) bond motifs is 1. The molecule has 0 atom stereocenters. The summed E-state index contributed by atoms with van der Waals surface area (Å²) in [5, 5.41) is 0. The number of hydrogen-bond donors (Lipinski definition) is 0. The Labute approximate surface area is 147 Å². The van der Waals surface area contributed by atoms with Crippen LogP contribution in [0.1, 0.15) is 38.8 Å². The molecule has 0 aliphatic carbocycles. The lowest BCUT2D eigenvalue weighted by Gasteiger charge is -2.15. The zero-order valence-electron chi connectivity index (χ0n) is 14.5. The van der Waals surface area contributed by atoms with E-state index < -0.39 is 0 Å². The first-order valence-corrected chi connectivity index (χ1v) is 8.34. The van der Waals surface area contributed by atoms with Gasteiger partial charge < -0.3 is 9.47 Å². The Hall–Kier alpha value is -2.66. The van der Waals surface area contributed by atoms with Gasteiger partial charge in [-0.25, -0.2) is 0 Å². The number of rotatable bonds is 7. The Bertz CT molecular complexity index is 765. The molecule has 5 heteroatoms.